The van der Waals surface area contributed by atoms with E-state index in [-0.39, 0.29) is 17.3 Å². The highest BCUT2D eigenvalue weighted by Crippen LogP contribution is 2.05. The first-order chi connectivity index (χ1) is 9.18. The molecular formula is C12H17N3O5. The highest BCUT2D eigenvalue weighted by atomic mass is 16.5. The second-order valence-electron chi connectivity index (χ2n) is 4.65. The first-order valence-corrected chi connectivity index (χ1v) is 5.93. The van der Waals surface area contributed by atoms with Gasteiger partial charge in [0.2, 0.25) is 5.78 Å². The zero-order chi connectivity index (χ0) is 15.6. The number of carbonyl (C=O) groups is 2. The van der Waals surface area contributed by atoms with Gasteiger partial charge in [-0.15, -0.1) is 0 Å². The van der Waals surface area contributed by atoms with Crippen molar-refractivity contribution in [2.75, 3.05) is 12.3 Å². The molecule has 8 nitrogen and oxygen atoms in total. The van der Waals surface area contributed by atoms with Crippen LogP contribution in [-0.4, -0.2) is 27.5 Å². The Labute approximate surface area is 114 Å². The van der Waals surface area contributed by atoms with Gasteiger partial charge in [-0.2, -0.15) is 0 Å². The van der Waals surface area contributed by atoms with E-state index in [0.29, 0.717) is 0 Å². The number of ketones is 1. The maximum absolute atomic E-state index is 11.9. The zero-order valence-electron chi connectivity index (χ0n) is 11.8. The number of rotatable bonds is 4. The highest BCUT2D eigenvalue weighted by Gasteiger charge is 2.21. The fraction of sp³-hybridized carbons (Fsp3) is 0.500. The fourth-order valence-corrected chi connectivity index (χ4v) is 1.50. The normalized spacial score (nSPS) is 10.7. The highest BCUT2D eigenvalue weighted by molar-refractivity contribution is 6.01. The molecule has 0 amide bonds. The lowest BCUT2D eigenvalue weighted by Crippen LogP contribution is -2.42. The molecule has 1 aromatic heterocycles. The van der Waals surface area contributed by atoms with Gasteiger partial charge >= 0.3 is 11.7 Å². The van der Waals surface area contributed by atoms with E-state index < -0.39 is 29.6 Å². The number of Topliss-reactive ketones (excluding diaryl/α,β-unsaturated/α-hetero) is 1. The van der Waals surface area contributed by atoms with E-state index in [1.165, 1.54) is 14.1 Å². The van der Waals surface area contributed by atoms with Crippen molar-refractivity contribution in [3.05, 3.63) is 26.4 Å². The molecule has 0 aliphatic rings. The lowest BCUT2D eigenvalue weighted by atomic mass is 10.2. The van der Waals surface area contributed by atoms with Gasteiger partial charge in [0.05, 0.1) is 5.92 Å². The monoisotopic (exact) mass is 283 g/mol. The predicted molar refractivity (Wildman–Crippen MR) is 71.5 cm³/mol. The summed E-state index contributed by atoms with van der Waals surface area (Å²) in [6.45, 7) is 2.65. The molecule has 0 aliphatic carbocycles. The summed E-state index contributed by atoms with van der Waals surface area (Å²) in [5, 5.41) is 0. The number of aromatic nitrogens is 2. The number of hydrogen-bond acceptors (Lipinski definition) is 6. The molecule has 0 saturated carbocycles. The molecule has 0 spiro atoms. The van der Waals surface area contributed by atoms with E-state index in [9.17, 15) is 19.2 Å². The van der Waals surface area contributed by atoms with Gasteiger partial charge in [0.1, 0.15) is 11.4 Å². The number of nitrogens with zero attached hydrogens (tertiary/aromatic N) is 2. The summed E-state index contributed by atoms with van der Waals surface area (Å²) >= 11 is 0. The van der Waals surface area contributed by atoms with Crippen LogP contribution in [0.2, 0.25) is 0 Å². The average molecular weight is 283 g/mol. The number of esters is 1. The summed E-state index contributed by atoms with van der Waals surface area (Å²) in [6, 6.07) is 0. The lowest BCUT2D eigenvalue weighted by molar-refractivity contribution is -0.146. The van der Waals surface area contributed by atoms with Crippen LogP contribution >= 0.6 is 0 Å². The second-order valence-corrected chi connectivity index (χ2v) is 4.65. The van der Waals surface area contributed by atoms with Crippen molar-refractivity contribution in [3.8, 4) is 0 Å². The Bertz CT molecular complexity index is 669. The molecule has 0 fully saturated rings. The van der Waals surface area contributed by atoms with Crippen LogP contribution in [0.1, 0.15) is 24.2 Å². The molecule has 0 aliphatic heterocycles. The van der Waals surface area contributed by atoms with E-state index in [2.05, 4.69) is 0 Å². The molecule has 20 heavy (non-hydrogen) atoms. The third-order valence-corrected chi connectivity index (χ3v) is 2.81. The number of ether oxygens (including phenoxy) is 1. The van der Waals surface area contributed by atoms with Crippen molar-refractivity contribution in [2.24, 2.45) is 20.0 Å². The predicted octanol–water partition coefficient (Wildman–Crippen LogP) is -0.952. The van der Waals surface area contributed by atoms with Crippen molar-refractivity contribution in [1.82, 2.24) is 9.13 Å². The Morgan fingerprint density at radius 3 is 2.25 bits per heavy atom. The van der Waals surface area contributed by atoms with Gasteiger partial charge in [-0.05, 0) is 0 Å². The molecule has 8 heteroatoms. The van der Waals surface area contributed by atoms with Crippen LogP contribution in [0.5, 0.6) is 0 Å². The number of carbonyl (C=O) groups excluding carboxylic acids is 2. The third-order valence-electron chi connectivity index (χ3n) is 2.81. The Balaban J connectivity index is 3.16. The van der Waals surface area contributed by atoms with Gasteiger partial charge < -0.3 is 10.5 Å². The third kappa shape index (κ3) is 2.79. The second kappa shape index (κ2) is 5.72. The molecule has 0 aromatic carbocycles. The van der Waals surface area contributed by atoms with Crippen molar-refractivity contribution in [1.29, 1.82) is 0 Å². The Kier molecular flexibility index (Phi) is 4.49. The summed E-state index contributed by atoms with van der Waals surface area (Å²) < 4.78 is 6.52. The quantitative estimate of drug-likeness (QED) is 0.563. The van der Waals surface area contributed by atoms with Gasteiger partial charge in [-0.25, -0.2) is 4.79 Å². The zero-order valence-corrected chi connectivity index (χ0v) is 11.8. The summed E-state index contributed by atoms with van der Waals surface area (Å²) in [5.41, 5.74) is 3.81. The van der Waals surface area contributed by atoms with Crippen LogP contribution in [0.15, 0.2) is 9.59 Å². The van der Waals surface area contributed by atoms with Gasteiger partial charge in [0.25, 0.3) is 5.56 Å². The summed E-state index contributed by atoms with van der Waals surface area (Å²) in [6.07, 6.45) is 0. The Morgan fingerprint density at radius 2 is 1.75 bits per heavy atom. The van der Waals surface area contributed by atoms with Crippen LogP contribution in [0.3, 0.4) is 0 Å². The van der Waals surface area contributed by atoms with E-state index >= 15 is 0 Å². The maximum Gasteiger partial charge on any atom is 0.332 e. The van der Waals surface area contributed by atoms with Crippen LogP contribution in [0.4, 0.5) is 5.82 Å². The summed E-state index contributed by atoms with van der Waals surface area (Å²) in [5.74, 6) is -1.93. The topological polar surface area (TPSA) is 113 Å². The van der Waals surface area contributed by atoms with Crippen molar-refractivity contribution in [2.45, 2.75) is 13.8 Å². The molecule has 0 atom stereocenters. The number of anilines is 1. The molecule has 0 bridgehead atoms. The fourth-order valence-electron chi connectivity index (χ4n) is 1.50. The number of hydrogen-bond donors (Lipinski definition) is 1. The smallest absolute Gasteiger partial charge is 0.332 e. The van der Waals surface area contributed by atoms with E-state index in [1.54, 1.807) is 13.8 Å². The molecule has 1 rings (SSSR count). The minimum absolute atomic E-state index is 0.247. The minimum atomic E-state index is -0.809. The Hall–Kier alpha value is -2.38. The van der Waals surface area contributed by atoms with Crippen molar-refractivity contribution >= 4 is 17.6 Å². The summed E-state index contributed by atoms with van der Waals surface area (Å²) in [4.78, 5) is 46.7. The average Bonchev–Trinajstić information content (AvgIpc) is 2.40. The van der Waals surface area contributed by atoms with Crippen molar-refractivity contribution < 1.29 is 14.3 Å². The Morgan fingerprint density at radius 1 is 1.20 bits per heavy atom. The van der Waals surface area contributed by atoms with Crippen LogP contribution < -0.4 is 17.0 Å². The van der Waals surface area contributed by atoms with Crippen LogP contribution in [-0.2, 0) is 23.6 Å². The van der Waals surface area contributed by atoms with E-state index in [1.807, 2.05) is 0 Å². The number of nitrogens with two attached hydrogens (primary N) is 1. The van der Waals surface area contributed by atoms with Gasteiger partial charge in [0, 0.05) is 14.1 Å². The molecule has 1 heterocycles. The molecule has 2 N–H and O–H groups in total. The van der Waals surface area contributed by atoms with E-state index in [0.717, 1.165) is 9.13 Å². The maximum atomic E-state index is 11.9. The van der Waals surface area contributed by atoms with Crippen molar-refractivity contribution in [3.63, 3.8) is 0 Å². The lowest BCUT2D eigenvalue weighted by Gasteiger charge is -2.11. The standard InChI is InChI=1S/C12H17N3O5/c1-6(2)11(18)20-5-7(16)8-9(13)14(3)12(19)15(4)10(8)17/h6H,5,13H2,1-4H3. The molecular weight excluding hydrogens is 266 g/mol. The first kappa shape index (κ1) is 15.7. The molecule has 1 aromatic rings. The van der Waals surface area contributed by atoms with Crippen LogP contribution in [0, 0.1) is 5.92 Å². The summed E-state index contributed by atoms with van der Waals surface area (Å²) in [7, 11) is 2.58. The largest absolute Gasteiger partial charge is 0.457 e. The van der Waals surface area contributed by atoms with Crippen LogP contribution in [0.25, 0.3) is 0 Å². The van der Waals surface area contributed by atoms with Gasteiger partial charge in [-0.1, -0.05) is 13.8 Å². The van der Waals surface area contributed by atoms with E-state index in [4.69, 9.17) is 10.5 Å². The SMILES string of the molecule is CC(C)C(=O)OCC(=O)c1c(N)n(C)c(=O)n(C)c1=O. The molecule has 0 unspecified atom stereocenters. The van der Waals surface area contributed by atoms with Gasteiger partial charge in [0.15, 0.2) is 6.61 Å². The first-order valence-electron chi connectivity index (χ1n) is 5.93. The molecule has 110 valence electrons. The molecule has 0 radical (unpaired) electrons. The minimum Gasteiger partial charge on any atom is -0.457 e. The number of nitrogen functional groups attached to an aromatic ring is 1. The van der Waals surface area contributed by atoms with Gasteiger partial charge in [-0.3, -0.25) is 23.5 Å². The molecule has 0 saturated heterocycles.